The highest BCUT2D eigenvalue weighted by atomic mass is 16.3. The van der Waals surface area contributed by atoms with E-state index in [1.807, 2.05) is 0 Å². The summed E-state index contributed by atoms with van der Waals surface area (Å²) in [7, 11) is 4.34. The lowest BCUT2D eigenvalue weighted by Crippen LogP contribution is -2.47. The van der Waals surface area contributed by atoms with E-state index < -0.39 is 6.10 Å². The van der Waals surface area contributed by atoms with Crippen LogP contribution < -0.4 is 0 Å². The minimum Gasteiger partial charge on any atom is -0.387 e. The van der Waals surface area contributed by atoms with Gasteiger partial charge in [-0.25, -0.2) is 0 Å². The highest BCUT2D eigenvalue weighted by Crippen LogP contribution is 2.25. The Morgan fingerprint density at radius 2 is 1.81 bits per heavy atom. The normalized spacial score (nSPS) is 20.7. The third-order valence-electron chi connectivity index (χ3n) is 5.09. The fraction of sp³-hybridized carbons (Fsp3) is 0.667. The molecule has 21 heavy (non-hydrogen) atoms. The first-order valence-corrected chi connectivity index (χ1v) is 8.20. The predicted molar refractivity (Wildman–Crippen MR) is 88.5 cm³/mol. The first kappa shape index (κ1) is 16.5. The first-order chi connectivity index (χ1) is 10.0. The first-order valence-electron chi connectivity index (χ1n) is 8.20. The van der Waals surface area contributed by atoms with Crippen molar-refractivity contribution >= 4 is 0 Å². The molecular weight excluding hydrogens is 260 g/mol. The summed E-state index contributed by atoms with van der Waals surface area (Å²) in [6.45, 7) is 6.60. The van der Waals surface area contributed by atoms with Crippen LogP contribution in [0, 0.1) is 0 Å². The van der Waals surface area contributed by atoms with E-state index in [9.17, 15) is 5.11 Å². The van der Waals surface area contributed by atoms with Gasteiger partial charge in [-0.15, -0.1) is 0 Å². The molecule has 3 nitrogen and oxygen atoms in total. The van der Waals surface area contributed by atoms with Crippen LogP contribution in [-0.2, 0) is 6.42 Å². The zero-order valence-electron chi connectivity index (χ0n) is 13.9. The lowest BCUT2D eigenvalue weighted by Gasteiger charge is -2.39. The van der Waals surface area contributed by atoms with Gasteiger partial charge in [0.05, 0.1) is 6.10 Å². The number of piperidine rings is 1. The molecule has 3 heteroatoms. The summed E-state index contributed by atoms with van der Waals surface area (Å²) in [5.41, 5.74) is 2.35. The molecule has 1 fully saturated rings. The average Bonchev–Trinajstić information content (AvgIpc) is 2.53. The second-order valence-corrected chi connectivity index (χ2v) is 6.48. The van der Waals surface area contributed by atoms with Crippen molar-refractivity contribution in [2.24, 2.45) is 0 Å². The molecule has 1 aromatic carbocycles. The molecule has 1 aliphatic heterocycles. The molecule has 0 radical (unpaired) electrons. The average molecular weight is 290 g/mol. The predicted octanol–water partition coefficient (Wildman–Crippen LogP) is 2.70. The number of benzene rings is 1. The summed E-state index contributed by atoms with van der Waals surface area (Å²) >= 11 is 0. The number of hydrogen-bond acceptors (Lipinski definition) is 3. The monoisotopic (exact) mass is 290 g/mol. The molecule has 0 aliphatic carbocycles. The van der Waals surface area contributed by atoms with Crippen LogP contribution in [-0.4, -0.2) is 54.2 Å². The van der Waals surface area contributed by atoms with E-state index in [0.29, 0.717) is 6.04 Å². The summed E-state index contributed by atoms with van der Waals surface area (Å²) < 4.78 is 0. The van der Waals surface area contributed by atoms with Gasteiger partial charge in [0.15, 0.2) is 0 Å². The van der Waals surface area contributed by atoms with Gasteiger partial charge >= 0.3 is 0 Å². The molecule has 0 spiro atoms. The maximum atomic E-state index is 10.7. The van der Waals surface area contributed by atoms with Crippen molar-refractivity contribution in [1.82, 2.24) is 9.80 Å². The Morgan fingerprint density at radius 1 is 1.24 bits per heavy atom. The number of likely N-dealkylation sites (tertiary alicyclic amines) is 1. The molecule has 118 valence electrons. The van der Waals surface area contributed by atoms with Crippen LogP contribution in [0.25, 0.3) is 0 Å². The van der Waals surface area contributed by atoms with E-state index >= 15 is 0 Å². The van der Waals surface area contributed by atoms with Gasteiger partial charge in [0.2, 0.25) is 0 Å². The zero-order valence-corrected chi connectivity index (χ0v) is 13.9. The minimum absolute atomic E-state index is 0.144. The van der Waals surface area contributed by atoms with E-state index in [4.69, 9.17) is 0 Å². The van der Waals surface area contributed by atoms with Crippen molar-refractivity contribution in [3.05, 3.63) is 35.4 Å². The Morgan fingerprint density at radius 3 is 2.33 bits per heavy atom. The van der Waals surface area contributed by atoms with Crippen LogP contribution in [0.2, 0.25) is 0 Å². The number of aliphatic hydroxyl groups is 1. The fourth-order valence-electron chi connectivity index (χ4n) is 3.19. The van der Waals surface area contributed by atoms with Crippen molar-refractivity contribution in [3.8, 4) is 0 Å². The summed E-state index contributed by atoms with van der Waals surface area (Å²) in [6.07, 6.45) is 3.01. The number of aliphatic hydroxyl groups excluding tert-OH is 1. The second kappa shape index (κ2) is 7.39. The summed E-state index contributed by atoms with van der Waals surface area (Å²) in [6, 6.07) is 9.12. The van der Waals surface area contributed by atoms with Crippen LogP contribution in [0.1, 0.15) is 43.9 Å². The van der Waals surface area contributed by atoms with Crippen molar-refractivity contribution in [2.45, 2.75) is 51.3 Å². The molecule has 2 rings (SSSR count). The molecule has 2 unspecified atom stereocenters. The van der Waals surface area contributed by atoms with Gasteiger partial charge in [0, 0.05) is 12.1 Å². The Hall–Kier alpha value is -0.900. The zero-order chi connectivity index (χ0) is 15.4. The standard InChI is InChI=1S/C18H30N2O/c1-5-15-6-8-16(9-7-15)18(21)14(2)20(4)17-10-12-19(3)13-11-17/h6-9,14,17-18,21H,5,10-13H2,1-4H3. The van der Waals surface area contributed by atoms with Gasteiger partial charge in [-0.05, 0) is 64.5 Å². The van der Waals surface area contributed by atoms with Gasteiger partial charge < -0.3 is 10.0 Å². The summed E-state index contributed by atoms with van der Waals surface area (Å²) in [5.74, 6) is 0. The minimum atomic E-state index is -0.416. The third kappa shape index (κ3) is 4.06. The molecule has 1 N–H and O–H groups in total. The Labute approximate surface area is 129 Å². The van der Waals surface area contributed by atoms with Crippen molar-refractivity contribution in [3.63, 3.8) is 0 Å². The number of likely N-dealkylation sites (N-methyl/N-ethyl adjacent to an activating group) is 1. The molecule has 1 heterocycles. The van der Waals surface area contributed by atoms with Gasteiger partial charge in [0.1, 0.15) is 0 Å². The summed E-state index contributed by atoms with van der Waals surface area (Å²) in [4.78, 5) is 4.75. The quantitative estimate of drug-likeness (QED) is 0.903. The van der Waals surface area contributed by atoms with Crippen LogP contribution in [0.3, 0.4) is 0 Å². The Bertz CT molecular complexity index is 423. The van der Waals surface area contributed by atoms with Gasteiger partial charge in [-0.1, -0.05) is 31.2 Å². The fourth-order valence-corrected chi connectivity index (χ4v) is 3.19. The Kier molecular flexibility index (Phi) is 5.80. The number of hydrogen-bond donors (Lipinski definition) is 1. The van der Waals surface area contributed by atoms with E-state index in [1.165, 1.54) is 18.4 Å². The molecule has 1 aromatic rings. The van der Waals surface area contributed by atoms with Crippen LogP contribution in [0.4, 0.5) is 0 Å². The molecule has 0 aromatic heterocycles. The van der Waals surface area contributed by atoms with Crippen LogP contribution in [0.15, 0.2) is 24.3 Å². The number of rotatable bonds is 5. The molecule has 1 saturated heterocycles. The van der Waals surface area contributed by atoms with Crippen LogP contribution >= 0.6 is 0 Å². The molecule has 0 bridgehead atoms. The summed E-state index contributed by atoms with van der Waals surface area (Å²) in [5, 5.41) is 10.7. The SMILES string of the molecule is CCc1ccc(C(O)C(C)N(C)C2CCN(C)CC2)cc1. The van der Waals surface area contributed by atoms with E-state index in [-0.39, 0.29) is 6.04 Å². The topological polar surface area (TPSA) is 26.7 Å². The maximum Gasteiger partial charge on any atom is 0.0942 e. The largest absolute Gasteiger partial charge is 0.387 e. The molecule has 2 atom stereocenters. The van der Waals surface area contributed by atoms with E-state index in [1.54, 1.807) is 0 Å². The van der Waals surface area contributed by atoms with Crippen molar-refractivity contribution < 1.29 is 5.11 Å². The second-order valence-electron chi connectivity index (χ2n) is 6.48. The molecular formula is C18H30N2O. The lowest BCUT2D eigenvalue weighted by atomic mass is 9.97. The maximum absolute atomic E-state index is 10.7. The van der Waals surface area contributed by atoms with Gasteiger partial charge in [-0.2, -0.15) is 0 Å². The lowest BCUT2D eigenvalue weighted by molar-refractivity contribution is 0.0308. The highest BCUT2D eigenvalue weighted by Gasteiger charge is 2.28. The third-order valence-corrected chi connectivity index (χ3v) is 5.09. The van der Waals surface area contributed by atoms with Crippen molar-refractivity contribution in [1.29, 1.82) is 0 Å². The van der Waals surface area contributed by atoms with Crippen LogP contribution in [0.5, 0.6) is 0 Å². The van der Waals surface area contributed by atoms with E-state index in [2.05, 4.69) is 62.0 Å². The van der Waals surface area contributed by atoms with Crippen molar-refractivity contribution in [2.75, 3.05) is 27.2 Å². The smallest absolute Gasteiger partial charge is 0.0942 e. The molecule has 0 saturated carbocycles. The number of nitrogens with zero attached hydrogens (tertiary/aromatic N) is 2. The van der Waals surface area contributed by atoms with Gasteiger partial charge in [0.25, 0.3) is 0 Å². The van der Waals surface area contributed by atoms with Gasteiger partial charge in [-0.3, -0.25) is 4.90 Å². The molecule has 0 amide bonds. The van der Waals surface area contributed by atoms with E-state index in [0.717, 1.165) is 25.1 Å². The number of aryl methyl sites for hydroxylation is 1. The highest BCUT2D eigenvalue weighted by molar-refractivity contribution is 5.25. The Balaban J connectivity index is 1.98. The molecule has 1 aliphatic rings.